The van der Waals surface area contributed by atoms with Gasteiger partial charge in [-0.15, -0.1) is 11.3 Å². The first-order valence-electron chi connectivity index (χ1n) is 5.81. The summed E-state index contributed by atoms with van der Waals surface area (Å²) in [5.41, 5.74) is 0. The van der Waals surface area contributed by atoms with Crippen molar-refractivity contribution >= 4 is 11.3 Å². The van der Waals surface area contributed by atoms with E-state index >= 15 is 0 Å². The minimum atomic E-state index is 0.126. The molecule has 17 heavy (non-hydrogen) atoms. The molecule has 2 aromatic heterocycles. The van der Waals surface area contributed by atoms with E-state index in [1.807, 2.05) is 18.3 Å². The van der Waals surface area contributed by atoms with E-state index in [0.717, 1.165) is 11.7 Å². The van der Waals surface area contributed by atoms with Gasteiger partial charge >= 0.3 is 0 Å². The number of oxazole rings is 1. The smallest absolute Gasteiger partial charge is 0.211 e. The van der Waals surface area contributed by atoms with Crippen molar-refractivity contribution in [3.05, 3.63) is 39.7 Å². The highest BCUT2D eigenvalue weighted by Gasteiger charge is 2.15. The van der Waals surface area contributed by atoms with E-state index in [-0.39, 0.29) is 6.04 Å². The molecule has 0 spiro atoms. The molecule has 0 fully saturated rings. The number of thiophene rings is 1. The molecule has 2 unspecified atom stereocenters. The number of rotatable bonds is 4. The Morgan fingerprint density at radius 1 is 1.24 bits per heavy atom. The van der Waals surface area contributed by atoms with Crippen molar-refractivity contribution in [1.82, 2.24) is 10.3 Å². The molecule has 0 bridgehead atoms. The van der Waals surface area contributed by atoms with E-state index in [2.05, 4.69) is 43.2 Å². The fraction of sp³-hybridized carbons (Fsp3) is 0.462. The van der Waals surface area contributed by atoms with Crippen LogP contribution >= 0.6 is 11.3 Å². The lowest BCUT2D eigenvalue weighted by Crippen LogP contribution is -2.22. The lowest BCUT2D eigenvalue weighted by Gasteiger charge is -2.16. The summed E-state index contributed by atoms with van der Waals surface area (Å²) in [7, 11) is 0. The van der Waals surface area contributed by atoms with Crippen LogP contribution in [-0.2, 0) is 0 Å². The van der Waals surface area contributed by atoms with Crippen molar-refractivity contribution in [1.29, 1.82) is 0 Å². The van der Waals surface area contributed by atoms with Crippen molar-refractivity contribution in [2.45, 2.75) is 39.8 Å². The summed E-state index contributed by atoms with van der Waals surface area (Å²) >= 11 is 1.82. The number of hydrogen-bond acceptors (Lipinski definition) is 4. The second-order valence-electron chi connectivity index (χ2n) is 4.37. The third-order valence-electron chi connectivity index (χ3n) is 2.70. The largest absolute Gasteiger partial charge is 0.444 e. The summed E-state index contributed by atoms with van der Waals surface area (Å²) in [6.07, 6.45) is 1.76. The summed E-state index contributed by atoms with van der Waals surface area (Å²) in [6.45, 7) is 8.27. The van der Waals surface area contributed by atoms with Gasteiger partial charge in [0.05, 0.1) is 12.2 Å². The van der Waals surface area contributed by atoms with Crippen molar-refractivity contribution in [3.63, 3.8) is 0 Å². The molecule has 0 amide bonds. The summed E-state index contributed by atoms with van der Waals surface area (Å²) in [6, 6.07) is 4.76. The second kappa shape index (κ2) is 5.02. The van der Waals surface area contributed by atoms with Crippen LogP contribution in [0.25, 0.3) is 0 Å². The molecule has 4 heteroatoms. The van der Waals surface area contributed by atoms with Gasteiger partial charge in [-0.3, -0.25) is 5.32 Å². The van der Waals surface area contributed by atoms with Gasteiger partial charge < -0.3 is 4.42 Å². The monoisotopic (exact) mass is 250 g/mol. The molecule has 92 valence electrons. The highest BCUT2D eigenvalue weighted by atomic mass is 32.1. The number of aryl methyl sites for hydroxylation is 2. The first kappa shape index (κ1) is 12.3. The van der Waals surface area contributed by atoms with Crippen molar-refractivity contribution < 1.29 is 4.42 Å². The highest BCUT2D eigenvalue weighted by Crippen LogP contribution is 2.25. The van der Waals surface area contributed by atoms with Gasteiger partial charge in [0.1, 0.15) is 5.76 Å². The molecule has 0 aliphatic carbocycles. The van der Waals surface area contributed by atoms with Gasteiger partial charge in [0.2, 0.25) is 5.89 Å². The molecule has 3 nitrogen and oxygen atoms in total. The zero-order chi connectivity index (χ0) is 12.4. The normalized spacial score (nSPS) is 14.8. The minimum absolute atomic E-state index is 0.126. The second-order valence-corrected chi connectivity index (χ2v) is 5.69. The minimum Gasteiger partial charge on any atom is -0.444 e. The number of nitrogens with zero attached hydrogens (tertiary/aromatic N) is 1. The van der Waals surface area contributed by atoms with Gasteiger partial charge in [-0.1, -0.05) is 0 Å². The van der Waals surface area contributed by atoms with Crippen molar-refractivity contribution in [2.24, 2.45) is 0 Å². The Kier molecular flexibility index (Phi) is 3.64. The van der Waals surface area contributed by atoms with E-state index in [1.54, 1.807) is 6.20 Å². The first-order chi connectivity index (χ1) is 8.06. The zero-order valence-corrected chi connectivity index (χ0v) is 11.5. The van der Waals surface area contributed by atoms with E-state index < -0.39 is 0 Å². The molecular weight excluding hydrogens is 232 g/mol. The SMILES string of the molecule is Cc1cnc(C(C)NC(C)c2ccc(C)s2)o1. The number of hydrogen-bond donors (Lipinski definition) is 1. The van der Waals surface area contributed by atoms with Crippen molar-refractivity contribution in [3.8, 4) is 0 Å². The lowest BCUT2D eigenvalue weighted by molar-refractivity contribution is 0.382. The maximum absolute atomic E-state index is 5.52. The average molecular weight is 250 g/mol. The molecule has 0 saturated heterocycles. The summed E-state index contributed by atoms with van der Waals surface area (Å²) in [5, 5.41) is 3.49. The molecule has 0 radical (unpaired) electrons. The van der Waals surface area contributed by atoms with Crippen LogP contribution in [0.4, 0.5) is 0 Å². The van der Waals surface area contributed by atoms with Crippen LogP contribution in [0.15, 0.2) is 22.7 Å². The van der Waals surface area contributed by atoms with Gasteiger partial charge in [-0.25, -0.2) is 4.98 Å². The van der Waals surface area contributed by atoms with Crippen LogP contribution in [-0.4, -0.2) is 4.98 Å². The Bertz CT molecular complexity index is 445. The first-order valence-corrected chi connectivity index (χ1v) is 6.62. The van der Waals surface area contributed by atoms with Crippen molar-refractivity contribution in [2.75, 3.05) is 0 Å². The van der Waals surface area contributed by atoms with Crippen LogP contribution < -0.4 is 5.32 Å². The van der Waals surface area contributed by atoms with Crippen LogP contribution in [0.5, 0.6) is 0 Å². The van der Waals surface area contributed by atoms with Gasteiger partial charge in [0, 0.05) is 15.8 Å². The molecule has 2 atom stereocenters. The lowest BCUT2D eigenvalue weighted by atomic mass is 10.2. The summed E-state index contributed by atoms with van der Waals surface area (Å²) in [4.78, 5) is 6.93. The van der Waals surface area contributed by atoms with E-state index in [0.29, 0.717) is 6.04 Å². The van der Waals surface area contributed by atoms with E-state index in [1.165, 1.54) is 9.75 Å². The fourth-order valence-corrected chi connectivity index (χ4v) is 2.68. The van der Waals surface area contributed by atoms with E-state index in [4.69, 9.17) is 4.42 Å². The van der Waals surface area contributed by atoms with Gasteiger partial charge in [0.25, 0.3) is 0 Å². The molecule has 1 N–H and O–H groups in total. The molecule has 0 aliphatic rings. The van der Waals surface area contributed by atoms with Gasteiger partial charge in [-0.2, -0.15) is 0 Å². The summed E-state index contributed by atoms with van der Waals surface area (Å²) < 4.78 is 5.52. The Balaban J connectivity index is 2.01. The maximum Gasteiger partial charge on any atom is 0.211 e. The van der Waals surface area contributed by atoms with E-state index in [9.17, 15) is 0 Å². The Hall–Kier alpha value is -1.13. The average Bonchev–Trinajstić information content (AvgIpc) is 2.87. The molecule has 0 aliphatic heterocycles. The number of nitrogens with one attached hydrogen (secondary N) is 1. The quantitative estimate of drug-likeness (QED) is 0.897. The number of aromatic nitrogens is 1. The van der Waals surface area contributed by atoms with Gasteiger partial charge in [-0.05, 0) is 39.8 Å². The molecule has 0 saturated carbocycles. The zero-order valence-electron chi connectivity index (χ0n) is 10.7. The predicted molar refractivity (Wildman–Crippen MR) is 70.3 cm³/mol. The Morgan fingerprint density at radius 3 is 2.53 bits per heavy atom. The third kappa shape index (κ3) is 2.96. The fourth-order valence-electron chi connectivity index (χ4n) is 1.79. The van der Waals surface area contributed by atoms with Gasteiger partial charge in [0.15, 0.2) is 0 Å². The Morgan fingerprint density at radius 2 is 2.00 bits per heavy atom. The van der Waals surface area contributed by atoms with Crippen LogP contribution in [0, 0.1) is 13.8 Å². The maximum atomic E-state index is 5.52. The third-order valence-corrected chi connectivity index (χ3v) is 3.88. The van der Waals surface area contributed by atoms with Crippen LogP contribution in [0.3, 0.4) is 0 Å². The van der Waals surface area contributed by atoms with Crippen LogP contribution in [0.1, 0.15) is 47.3 Å². The topological polar surface area (TPSA) is 38.1 Å². The summed E-state index contributed by atoms with van der Waals surface area (Å²) in [5.74, 6) is 1.61. The van der Waals surface area contributed by atoms with Crippen LogP contribution in [0.2, 0.25) is 0 Å². The Labute approximate surface area is 106 Å². The molecule has 2 aromatic rings. The molecule has 2 rings (SSSR count). The highest BCUT2D eigenvalue weighted by molar-refractivity contribution is 7.12. The molecule has 2 heterocycles. The standard InChI is InChI=1S/C13H18N2OS/c1-8-7-14-13(16-8)11(4)15-10(3)12-6-5-9(2)17-12/h5-7,10-11,15H,1-4H3. The predicted octanol–water partition coefficient (Wildman–Crippen LogP) is 3.76. The molecular formula is C13H18N2OS. The molecule has 0 aromatic carbocycles.